The first kappa shape index (κ1) is 14.7. The highest BCUT2D eigenvalue weighted by Crippen LogP contribution is 2.24. The summed E-state index contributed by atoms with van der Waals surface area (Å²) in [6, 6.07) is 4.27. The zero-order valence-electron chi connectivity index (χ0n) is 11.0. The standard InChI is InChI=1S/C15H22FNO/c1-3-4-5-6-7-10-18-15-9-8-13(16)11-14(15)12(2)17/h3,8-9,11-12H,1,4-7,10,17H2,2H3. The fourth-order valence-corrected chi connectivity index (χ4v) is 1.76. The van der Waals surface area contributed by atoms with E-state index < -0.39 is 0 Å². The van der Waals surface area contributed by atoms with Crippen LogP contribution in [0.15, 0.2) is 30.9 Å². The monoisotopic (exact) mass is 251 g/mol. The zero-order chi connectivity index (χ0) is 13.4. The molecule has 1 atom stereocenters. The van der Waals surface area contributed by atoms with Crippen molar-refractivity contribution in [3.63, 3.8) is 0 Å². The van der Waals surface area contributed by atoms with Crippen molar-refractivity contribution in [1.82, 2.24) is 0 Å². The molecular weight excluding hydrogens is 229 g/mol. The topological polar surface area (TPSA) is 35.2 Å². The molecule has 0 aliphatic rings. The van der Waals surface area contributed by atoms with E-state index in [9.17, 15) is 4.39 Å². The Bertz CT molecular complexity index is 377. The van der Waals surface area contributed by atoms with Crippen molar-refractivity contribution in [2.75, 3.05) is 6.61 Å². The van der Waals surface area contributed by atoms with Gasteiger partial charge in [0.2, 0.25) is 0 Å². The molecule has 1 aromatic rings. The second-order valence-corrected chi connectivity index (χ2v) is 4.46. The Balaban J connectivity index is 2.44. The lowest BCUT2D eigenvalue weighted by Crippen LogP contribution is -2.09. The van der Waals surface area contributed by atoms with Crippen LogP contribution in [0.3, 0.4) is 0 Å². The Kier molecular flexibility index (Phi) is 6.44. The van der Waals surface area contributed by atoms with Gasteiger partial charge in [-0.25, -0.2) is 4.39 Å². The van der Waals surface area contributed by atoms with Crippen LogP contribution in [0.2, 0.25) is 0 Å². The van der Waals surface area contributed by atoms with Crippen LogP contribution in [0, 0.1) is 5.82 Å². The average Bonchev–Trinajstić information content (AvgIpc) is 2.35. The Morgan fingerprint density at radius 1 is 1.39 bits per heavy atom. The van der Waals surface area contributed by atoms with Crippen LogP contribution in [-0.4, -0.2) is 6.61 Å². The molecular formula is C15H22FNO. The summed E-state index contributed by atoms with van der Waals surface area (Å²) < 4.78 is 18.8. The van der Waals surface area contributed by atoms with E-state index in [1.165, 1.54) is 12.1 Å². The average molecular weight is 251 g/mol. The summed E-state index contributed by atoms with van der Waals surface area (Å²) in [6.45, 7) is 6.15. The molecule has 0 heterocycles. The van der Waals surface area contributed by atoms with Crippen LogP contribution in [0.4, 0.5) is 4.39 Å². The molecule has 2 nitrogen and oxygen atoms in total. The fraction of sp³-hybridized carbons (Fsp3) is 0.467. The number of nitrogens with two attached hydrogens (primary N) is 1. The molecule has 0 aliphatic carbocycles. The lowest BCUT2D eigenvalue weighted by atomic mass is 10.1. The van der Waals surface area contributed by atoms with Crippen molar-refractivity contribution < 1.29 is 9.13 Å². The maximum absolute atomic E-state index is 13.1. The highest BCUT2D eigenvalue weighted by Gasteiger charge is 2.09. The maximum atomic E-state index is 13.1. The summed E-state index contributed by atoms with van der Waals surface area (Å²) in [6.07, 6.45) is 6.21. The third-order valence-corrected chi connectivity index (χ3v) is 2.77. The van der Waals surface area contributed by atoms with Crippen molar-refractivity contribution >= 4 is 0 Å². The lowest BCUT2D eigenvalue weighted by molar-refractivity contribution is 0.300. The van der Waals surface area contributed by atoms with Crippen LogP contribution in [-0.2, 0) is 0 Å². The Morgan fingerprint density at radius 2 is 2.17 bits per heavy atom. The first-order chi connectivity index (χ1) is 8.65. The van der Waals surface area contributed by atoms with Gasteiger partial charge in [-0.3, -0.25) is 0 Å². The number of hydrogen-bond donors (Lipinski definition) is 1. The van der Waals surface area contributed by atoms with Gasteiger partial charge in [0, 0.05) is 11.6 Å². The van der Waals surface area contributed by atoms with E-state index in [0.29, 0.717) is 12.4 Å². The van der Waals surface area contributed by atoms with E-state index in [1.54, 1.807) is 6.07 Å². The Morgan fingerprint density at radius 3 is 2.83 bits per heavy atom. The normalized spacial score (nSPS) is 12.2. The second-order valence-electron chi connectivity index (χ2n) is 4.46. The van der Waals surface area contributed by atoms with Gasteiger partial charge in [0.1, 0.15) is 11.6 Å². The quantitative estimate of drug-likeness (QED) is 0.560. The van der Waals surface area contributed by atoms with Gasteiger partial charge in [-0.2, -0.15) is 0 Å². The zero-order valence-corrected chi connectivity index (χ0v) is 11.0. The Labute approximate surface area is 109 Å². The van der Waals surface area contributed by atoms with E-state index in [2.05, 4.69) is 6.58 Å². The number of ether oxygens (including phenoxy) is 1. The number of unbranched alkanes of at least 4 members (excludes halogenated alkanes) is 3. The first-order valence-corrected chi connectivity index (χ1v) is 6.44. The van der Waals surface area contributed by atoms with E-state index in [0.717, 1.165) is 31.2 Å². The largest absolute Gasteiger partial charge is 0.493 e. The van der Waals surface area contributed by atoms with Gasteiger partial charge < -0.3 is 10.5 Å². The summed E-state index contributed by atoms with van der Waals surface area (Å²) in [5.41, 5.74) is 6.52. The van der Waals surface area contributed by atoms with Crippen molar-refractivity contribution in [2.24, 2.45) is 5.73 Å². The molecule has 0 aliphatic heterocycles. The third-order valence-electron chi connectivity index (χ3n) is 2.77. The van der Waals surface area contributed by atoms with Gasteiger partial charge in [0.25, 0.3) is 0 Å². The number of halogens is 1. The van der Waals surface area contributed by atoms with E-state index >= 15 is 0 Å². The van der Waals surface area contributed by atoms with Gasteiger partial charge in [-0.1, -0.05) is 6.08 Å². The van der Waals surface area contributed by atoms with Crippen molar-refractivity contribution in [3.05, 3.63) is 42.2 Å². The van der Waals surface area contributed by atoms with E-state index in [4.69, 9.17) is 10.5 Å². The van der Waals surface area contributed by atoms with Crippen LogP contribution in [0.25, 0.3) is 0 Å². The molecule has 0 spiro atoms. The molecule has 1 aromatic carbocycles. The molecule has 0 saturated heterocycles. The van der Waals surface area contributed by atoms with Crippen molar-refractivity contribution in [3.8, 4) is 5.75 Å². The van der Waals surface area contributed by atoms with Gasteiger partial charge in [0.15, 0.2) is 0 Å². The van der Waals surface area contributed by atoms with Crippen LogP contribution < -0.4 is 10.5 Å². The highest BCUT2D eigenvalue weighted by atomic mass is 19.1. The summed E-state index contributed by atoms with van der Waals surface area (Å²) in [5, 5.41) is 0. The highest BCUT2D eigenvalue weighted by molar-refractivity contribution is 5.36. The minimum Gasteiger partial charge on any atom is -0.493 e. The van der Waals surface area contributed by atoms with Crippen LogP contribution in [0.1, 0.15) is 44.2 Å². The molecule has 1 unspecified atom stereocenters. The SMILES string of the molecule is C=CCCCCCOc1ccc(F)cc1C(C)N. The molecule has 2 N–H and O–H groups in total. The predicted octanol–water partition coefficient (Wildman–Crippen LogP) is 3.97. The van der Waals surface area contributed by atoms with Crippen LogP contribution >= 0.6 is 0 Å². The molecule has 0 saturated carbocycles. The molecule has 0 fully saturated rings. The van der Waals surface area contributed by atoms with Gasteiger partial charge >= 0.3 is 0 Å². The molecule has 0 aromatic heterocycles. The third kappa shape index (κ3) is 4.88. The van der Waals surface area contributed by atoms with Crippen molar-refractivity contribution in [1.29, 1.82) is 0 Å². The Hall–Kier alpha value is -1.35. The number of hydrogen-bond acceptors (Lipinski definition) is 2. The minimum atomic E-state index is -0.277. The summed E-state index contributed by atoms with van der Waals surface area (Å²) in [7, 11) is 0. The molecule has 0 amide bonds. The number of benzene rings is 1. The molecule has 3 heteroatoms. The summed E-state index contributed by atoms with van der Waals surface area (Å²) >= 11 is 0. The lowest BCUT2D eigenvalue weighted by Gasteiger charge is -2.14. The first-order valence-electron chi connectivity index (χ1n) is 6.44. The molecule has 0 bridgehead atoms. The maximum Gasteiger partial charge on any atom is 0.124 e. The van der Waals surface area contributed by atoms with E-state index in [1.807, 2.05) is 13.0 Å². The fourth-order valence-electron chi connectivity index (χ4n) is 1.76. The summed E-state index contributed by atoms with van der Waals surface area (Å²) in [5.74, 6) is 0.413. The smallest absolute Gasteiger partial charge is 0.124 e. The van der Waals surface area contributed by atoms with Gasteiger partial charge in [-0.15, -0.1) is 6.58 Å². The van der Waals surface area contributed by atoms with Gasteiger partial charge in [0.05, 0.1) is 6.61 Å². The van der Waals surface area contributed by atoms with E-state index in [-0.39, 0.29) is 11.9 Å². The minimum absolute atomic E-state index is 0.225. The number of allylic oxidation sites excluding steroid dienone is 1. The summed E-state index contributed by atoms with van der Waals surface area (Å²) in [4.78, 5) is 0. The molecule has 18 heavy (non-hydrogen) atoms. The molecule has 0 radical (unpaired) electrons. The van der Waals surface area contributed by atoms with Gasteiger partial charge in [-0.05, 0) is 50.8 Å². The molecule has 100 valence electrons. The second kappa shape index (κ2) is 7.88. The number of rotatable bonds is 8. The molecule has 1 rings (SSSR count). The van der Waals surface area contributed by atoms with Crippen molar-refractivity contribution in [2.45, 2.75) is 38.6 Å². The van der Waals surface area contributed by atoms with Crippen LogP contribution in [0.5, 0.6) is 5.75 Å². The predicted molar refractivity (Wildman–Crippen MR) is 73.2 cm³/mol.